The van der Waals surface area contributed by atoms with Gasteiger partial charge < -0.3 is 20.1 Å². The normalized spacial score (nSPS) is 35.9. The van der Waals surface area contributed by atoms with Crippen molar-refractivity contribution in [3.8, 4) is 0 Å². The number of benzene rings is 1. The minimum absolute atomic E-state index is 0.514. The SMILES string of the molecule is [N-]=[N+]=N[C@@]1(Cl)[C@H](O)[C@H](Sc2ccccc2)O[C@@H](CO)C1(O)C(F)(F)F. The lowest BCUT2D eigenvalue weighted by Crippen LogP contribution is -2.76. The van der Waals surface area contributed by atoms with Crippen molar-refractivity contribution in [2.75, 3.05) is 6.61 Å². The van der Waals surface area contributed by atoms with Crippen molar-refractivity contribution in [1.29, 1.82) is 0 Å². The number of thioether (sulfide) groups is 1. The van der Waals surface area contributed by atoms with Gasteiger partial charge in [0, 0.05) is 9.81 Å². The molecule has 1 unspecified atom stereocenters. The van der Waals surface area contributed by atoms with Gasteiger partial charge in [-0.15, -0.1) is 11.6 Å². The third-order valence-corrected chi connectivity index (χ3v) is 5.47. The second kappa shape index (κ2) is 7.20. The summed E-state index contributed by atoms with van der Waals surface area (Å²) in [5.41, 5.74) is 3.16. The van der Waals surface area contributed by atoms with E-state index in [0.717, 1.165) is 11.8 Å². The first-order valence-electron chi connectivity index (χ1n) is 6.82. The number of hydrogen-bond donors (Lipinski definition) is 3. The average Bonchev–Trinajstić information content (AvgIpc) is 2.56. The van der Waals surface area contributed by atoms with E-state index in [1.54, 1.807) is 30.3 Å². The lowest BCUT2D eigenvalue weighted by Gasteiger charge is -2.52. The van der Waals surface area contributed by atoms with E-state index in [2.05, 4.69) is 10.0 Å². The van der Waals surface area contributed by atoms with Crippen molar-refractivity contribution in [2.45, 2.75) is 39.3 Å². The number of aliphatic hydroxyl groups excluding tert-OH is 2. The number of hydrogen-bond acceptors (Lipinski definition) is 6. The molecule has 1 aromatic rings. The molecule has 0 radical (unpaired) electrons. The average molecular weight is 400 g/mol. The molecule has 1 saturated heterocycles. The summed E-state index contributed by atoms with van der Waals surface area (Å²) >= 11 is 6.61. The summed E-state index contributed by atoms with van der Waals surface area (Å²) in [6.45, 7) is -1.27. The first kappa shape index (κ1) is 20.1. The van der Waals surface area contributed by atoms with Crippen molar-refractivity contribution in [2.24, 2.45) is 5.11 Å². The zero-order valence-corrected chi connectivity index (χ0v) is 13.9. The maximum absolute atomic E-state index is 13.5. The summed E-state index contributed by atoms with van der Waals surface area (Å²) in [6, 6.07) is 8.20. The van der Waals surface area contributed by atoms with Gasteiger partial charge in [0.15, 0.2) is 5.00 Å². The minimum atomic E-state index is -5.46. The Morgan fingerprint density at radius 3 is 2.44 bits per heavy atom. The monoisotopic (exact) mass is 399 g/mol. The molecule has 2 rings (SSSR count). The highest BCUT2D eigenvalue weighted by atomic mass is 35.5. The third-order valence-electron chi connectivity index (χ3n) is 3.73. The Kier molecular flexibility index (Phi) is 5.79. The Morgan fingerprint density at radius 1 is 1.36 bits per heavy atom. The second-order valence-electron chi connectivity index (χ2n) is 5.18. The predicted octanol–water partition coefficient (Wildman–Crippen LogP) is 2.40. The standard InChI is InChI=1S/C13H13ClF3N3O4S/c14-12(19-20-18)9(22)10(25-7-4-2-1-3-5-7)24-8(6-21)11(12,23)13(15,16)17/h1-5,8-10,21-23H,6H2/t8-,9+,10-,11?,12-/m0/s1. The van der Waals surface area contributed by atoms with Crippen LogP contribution in [0.2, 0.25) is 0 Å². The summed E-state index contributed by atoms with van der Waals surface area (Å²) in [7, 11) is 0. The van der Waals surface area contributed by atoms with Crippen molar-refractivity contribution in [1.82, 2.24) is 0 Å². The molecule has 5 atom stereocenters. The van der Waals surface area contributed by atoms with Gasteiger partial charge in [-0.05, 0) is 17.7 Å². The van der Waals surface area contributed by atoms with Gasteiger partial charge in [0.2, 0.25) is 5.60 Å². The molecule has 0 spiro atoms. The predicted molar refractivity (Wildman–Crippen MR) is 82.8 cm³/mol. The van der Waals surface area contributed by atoms with E-state index in [0.29, 0.717) is 4.90 Å². The molecule has 0 aliphatic carbocycles. The Bertz CT molecular complexity index is 664. The van der Waals surface area contributed by atoms with Gasteiger partial charge in [0.05, 0.1) is 6.61 Å². The quantitative estimate of drug-likeness (QED) is 0.236. The van der Waals surface area contributed by atoms with Crippen LogP contribution in [0.5, 0.6) is 0 Å². The molecule has 1 aliphatic rings. The molecule has 0 amide bonds. The molecule has 0 saturated carbocycles. The van der Waals surface area contributed by atoms with E-state index in [9.17, 15) is 28.5 Å². The van der Waals surface area contributed by atoms with Crippen LogP contribution < -0.4 is 0 Å². The van der Waals surface area contributed by atoms with Crippen molar-refractivity contribution >= 4 is 23.4 Å². The highest BCUT2D eigenvalue weighted by molar-refractivity contribution is 7.99. The lowest BCUT2D eigenvalue weighted by atomic mass is 9.81. The van der Waals surface area contributed by atoms with Crippen LogP contribution in [0.15, 0.2) is 40.3 Å². The highest BCUT2D eigenvalue weighted by Gasteiger charge is 2.76. The molecule has 1 heterocycles. The van der Waals surface area contributed by atoms with Crippen molar-refractivity contribution in [3.05, 3.63) is 40.8 Å². The van der Waals surface area contributed by atoms with E-state index in [1.165, 1.54) is 0 Å². The van der Waals surface area contributed by atoms with Gasteiger partial charge in [-0.3, -0.25) is 0 Å². The first-order chi connectivity index (χ1) is 11.6. The van der Waals surface area contributed by atoms with Crippen molar-refractivity contribution < 1.29 is 33.2 Å². The second-order valence-corrected chi connectivity index (χ2v) is 6.93. The fourth-order valence-corrected chi connectivity index (χ4v) is 4.00. The molecule has 0 aromatic heterocycles. The highest BCUT2D eigenvalue weighted by Crippen LogP contribution is 2.54. The van der Waals surface area contributed by atoms with E-state index in [4.69, 9.17) is 21.9 Å². The molecule has 7 nitrogen and oxygen atoms in total. The number of azide groups is 1. The van der Waals surface area contributed by atoms with Crippen LogP contribution in [0.1, 0.15) is 0 Å². The molecule has 1 fully saturated rings. The zero-order valence-electron chi connectivity index (χ0n) is 12.3. The maximum atomic E-state index is 13.5. The first-order valence-corrected chi connectivity index (χ1v) is 8.08. The van der Waals surface area contributed by atoms with Gasteiger partial charge in [-0.25, -0.2) is 0 Å². The Balaban J connectivity index is 2.50. The van der Waals surface area contributed by atoms with Crippen LogP contribution in [0.4, 0.5) is 13.2 Å². The number of halogens is 4. The Hall–Kier alpha value is -1.20. The molecule has 1 aliphatic heterocycles. The van der Waals surface area contributed by atoms with Gasteiger partial charge in [-0.1, -0.05) is 35.1 Å². The molecule has 1 aromatic carbocycles. The van der Waals surface area contributed by atoms with Crippen LogP contribution in [-0.4, -0.2) is 56.3 Å². The third kappa shape index (κ3) is 3.28. The Labute approximate surface area is 149 Å². The van der Waals surface area contributed by atoms with E-state index in [-0.39, 0.29) is 0 Å². The summed E-state index contributed by atoms with van der Waals surface area (Å²) in [6.07, 6.45) is -9.97. The molecule has 138 valence electrons. The van der Waals surface area contributed by atoms with Crippen LogP contribution in [0, 0.1) is 0 Å². The zero-order chi connectivity index (χ0) is 18.9. The minimum Gasteiger partial charge on any atom is -0.394 e. The number of alkyl halides is 4. The lowest BCUT2D eigenvalue weighted by molar-refractivity contribution is -0.343. The topological polar surface area (TPSA) is 119 Å². The number of rotatable bonds is 4. The summed E-state index contributed by atoms with van der Waals surface area (Å²) in [5, 5.41) is 32.6. The van der Waals surface area contributed by atoms with Crippen LogP contribution in [0.25, 0.3) is 10.4 Å². The van der Waals surface area contributed by atoms with Gasteiger partial charge in [0.1, 0.15) is 17.6 Å². The smallest absolute Gasteiger partial charge is 0.394 e. The Morgan fingerprint density at radius 2 is 1.96 bits per heavy atom. The largest absolute Gasteiger partial charge is 0.421 e. The fourth-order valence-electron chi connectivity index (χ4n) is 2.45. The van der Waals surface area contributed by atoms with E-state index >= 15 is 0 Å². The number of ether oxygens (including phenoxy) is 1. The molecular weight excluding hydrogens is 387 g/mol. The van der Waals surface area contributed by atoms with Gasteiger partial charge in [-0.2, -0.15) is 13.2 Å². The van der Waals surface area contributed by atoms with E-state index in [1.807, 2.05) is 0 Å². The summed E-state index contributed by atoms with van der Waals surface area (Å²) in [5.74, 6) is 0. The van der Waals surface area contributed by atoms with Crippen LogP contribution >= 0.6 is 23.4 Å². The number of nitrogens with zero attached hydrogens (tertiary/aromatic N) is 3. The summed E-state index contributed by atoms with van der Waals surface area (Å²) in [4.78, 5) is -0.496. The molecule has 25 heavy (non-hydrogen) atoms. The van der Waals surface area contributed by atoms with Gasteiger partial charge in [0.25, 0.3) is 0 Å². The fraction of sp³-hybridized carbons (Fsp3) is 0.538. The van der Waals surface area contributed by atoms with Crippen LogP contribution in [-0.2, 0) is 4.74 Å². The number of aliphatic hydroxyl groups is 3. The van der Waals surface area contributed by atoms with E-state index < -0.39 is 41.0 Å². The van der Waals surface area contributed by atoms with Crippen molar-refractivity contribution in [3.63, 3.8) is 0 Å². The summed E-state index contributed by atoms with van der Waals surface area (Å²) < 4.78 is 45.5. The molecule has 0 bridgehead atoms. The molecular formula is C13H13ClF3N3O4S. The van der Waals surface area contributed by atoms with Crippen LogP contribution in [0.3, 0.4) is 0 Å². The molecule has 3 N–H and O–H groups in total. The maximum Gasteiger partial charge on any atom is 0.421 e. The molecule has 12 heteroatoms. The van der Waals surface area contributed by atoms with Gasteiger partial charge >= 0.3 is 6.18 Å².